The lowest BCUT2D eigenvalue weighted by molar-refractivity contribution is -0.127. The van der Waals surface area contributed by atoms with E-state index in [-0.39, 0.29) is 5.92 Å². The maximum atomic E-state index is 12.3. The van der Waals surface area contributed by atoms with Crippen LogP contribution < -0.4 is 0 Å². The molecule has 0 bridgehead atoms. The zero-order valence-electron chi connectivity index (χ0n) is 8.93. The fourth-order valence-corrected chi connectivity index (χ4v) is 1.61. The molecule has 1 rings (SSSR count). The van der Waals surface area contributed by atoms with E-state index < -0.39 is 12.6 Å². The summed E-state index contributed by atoms with van der Waals surface area (Å²) in [5.74, 6) is 0.184. The fraction of sp³-hybridized carbons (Fsp3) is 0.500. The van der Waals surface area contributed by atoms with Gasteiger partial charge in [-0.15, -0.1) is 0 Å². The second-order valence-corrected chi connectivity index (χ2v) is 3.80. The van der Waals surface area contributed by atoms with Gasteiger partial charge in [-0.25, -0.2) is 0 Å². The van der Waals surface area contributed by atoms with Crippen molar-refractivity contribution in [3.63, 3.8) is 0 Å². The summed E-state index contributed by atoms with van der Waals surface area (Å²) in [5.41, 5.74) is 1.22. The van der Waals surface area contributed by atoms with Gasteiger partial charge in [-0.2, -0.15) is 13.2 Å². The Morgan fingerprint density at radius 2 is 1.80 bits per heavy atom. The lowest BCUT2D eigenvalue weighted by Crippen LogP contribution is -2.13. The molecule has 0 amide bonds. The second-order valence-electron chi connectivity index (χ2n) is 3.80. The van der Waals surface area contributed by atoms with Gasteiger partial charge in [0.2, 0.25) is 0 Å². The molecule has 1 atom stereocenters. The van der Waals surface area contributed by atoms with Crippen LogP contribution in [0.5, 0.6) is 0 Å². The van der Waals surface area contributed by atoms with E-state index in [0.717, 1.165) is 12.0 Å². The van der Waals surface area contributed by atoms with Gasteiger partial charge in [-0.05, 0) is 23.5 Å². The molecule has 1 aromatic rings. The summed E-state index contributed by atoms with van der Waals surface area (Å²) in [5, 5.41) is 0. The molecule has 15 heavy (non-hydrogen) atoms. The highest BCUT2D eigenvalue weighted by Crippen LogP contribution is 2.28. The Kier molecular flexibility index (Phi) is 3.77. The van der Waals surface area contributed by atoms with Crippen molar-refractivity contribution in [2.45, 2.75) is 38.8 Å². The summed E-state index contributed by atoms with van der Waals surface area (Å²) in [6, 6.07) is 6.80. The Hall–Kier alpha value is -0.990. The molecule has 0 aliphatic carbocycles. The molecule has 3 heteroatoms. The molecule has 0 nitrogen and oxygen atoms in total. The Morgan fingerprint density at radius 1 is 1.20 bits per heavy atom. The Labute approximate surface area is 88.1 Å². The third kappa shape index (κ3) is 3.57. The van der Waals surface area contributed by atoms with E-state index in [1.54, 1.807) is 24.3 Å². The smallest absolute Gasteiger partial charge is 0.171 e. The average molecular weight is 216 g/mol. The van der Waals surface area contributed by atoms with Crippen LogP contribution in [0.1, 0.15) is 37.3 Å². The molecule has 0 fully saturated rings. The first kappa shape index (κ1) is 12.1. The van der Waals surface area contributed by atoms with Gasteiger partial charge in [0.15, 0.2) is 0 Å². The van der Waals surface area contributed by atoms with Crippen LogP contribution in [0.25, 0.3) is 0 Å². The number of halogens is 3. The Morgan fingerprint density at radius 3 is 2.33 bits per heavy atom. The molecule has 84 valence electrons. The topological polar surface area (TPSA) is 0 Å². The van der Waals surface area contributed by atoms with E-state index in [4.69, 9.17) is 0 Å². The minimum atomic E-state index is -4.12. The van der Waals surface area contributed by atoms with Gasteiger partial charge in [0.05, 0.1) is 6.42 Å². The Balaban J connectivity index is 2.96. The normalized spacial score (nSPS) is 13.9. The van der Waals surface area contributed by atoms with Crippen molar-refractivity contribution >= 4 is 0 Å². The summed E-state index contributed by atoms with van der Waals surface area (Å²) in [6.07, 6.45) is -4.09. The highest BCUT2D eigenvalue weighted by molar-refractivity contribution is 5.30. The van der Waals surface area contributed by atoms with Crippen LogP contribution in [0, 0.1) is 0 Å². The van der Waals surface area contributed by atoms with Crippen molar-refractivity contribution in [1.29, 1.82) is 0 Å². The molecule has 0 N–H and O–H groups in total. The van der Waals surface area contributed by atoms with Gasteiger partial charge in [0.1, 0.15) is 0 Å². The van der Waals surface area contributed by atoms with E-state index in [1.807, 2.05) is 13.8 Å². The minimum absolute atomic E-state index is 0.184. The van der Waals surface area contributed by atoms with Crippen LogP contribution in [-0.2, 0) is 6.42 Å². The SMILES string of the molecule is CCC(C)c1ccccc1CC(F)(F)F. The maximum absolute atomic E-state index is 12.3. The summed E-state index contributed by atoms with van der Waals surface area (Å²) in [7, 11) is 0. The van der Waals surface area contributed by atoms with Crippen molar-refractivity contribution in [2.24, 2.45) is 0 Å². The first-order chi connectivity index (χ1) is 6.94. The second kappa shape index (κ2) is 4.69. The first-order valence-corrected chi connectivity index (χ1v) is 5.08. The molecule has 1 unspecified atom stereocenters. The van der Waals surface area contributed by atoms with Crippen molar-refractivity contribution in [1.82, 2.24) is 0 Å². The van der Waals surface area contributed by atoms with Gasteiger partial charge in [-0.1, -0.05) is 38.1 Å². The number of alkyl halides is 3. The summed E-state index contributed by atoms with van der Waals surface area (Å²) in [4.78, 5) is 0. The van der Waals surface area contributed by atoms with E-state index in [2.05, 4.69) is 0 Å². The lowest BCUT2D eigenvalue weighted by atomic mass is 9.92. The van der Waals surface area contributed by atoms with Crippen LogP contribution >= 0.6 is 0 Å². The number of hydrogen-bond donors (Lipinski definition) is 0. The zero-order chi connectivity index (χ0) is 11.5. The van der Waals surface area contributed by atoms with Gasteiger partial charge in [0.25, 0.3) is 0 Å². The molecular formula is C12H15F3. The molecule has 0 aromatic heterocycles. The molecule has 0 aliphatic rings. The van der Waals surface area contributed by atoms with Crippen molar-refractivity contribution in [2.75, 3.05) is 0 Å². The van der Waals surface area contributed by atoms with Crippen LogP contribution in [0.4, 0.5) is 13.2 Å². The van der Waals surface area contributed by atoms with Crippen LogP contribution in [-0.4, -0.2) is 6.18 Å². The van der Waals surface area contributed by atoms with Gasteiger partial charge in [-0.3, -0.25) is 0 Å². The van der Waals surface area contributed by atoms with Gasteiger partial charge < -0.3 is 0 Å². The molecule has 0 aliphatic heterocycles. The predicted molar refractivity (Wildman–Crippen MR) is 54.9 cm³/mol. The highest BCUT2D eigenvalue weighted by Gasteiger charge is 2.29. The largest absolute Gasteiger partial charge is 0.393 e. The maximum Gasteiger partial charge on any atom is 0.393 e. The minimum Gasteiger partial charge on any atom is -0.171 e. The van der Waals surface area contributed by atoms with Crippen LogP contribution in [0.2, 0.25) is 0 Å². The summed E-state index contributed by atoms with van der Waals surface area (Å²) >= 11 is 0. The lowest BCUT2D eigenvalue weighted by Gasteiger charge is -2.15. The first-order valence-electron chi connectivity index (χ1n) is 5.08. The molecule has 0 heterocycles. The standard InChI is InChI=1S/C12H15F3/c1-3-9(2)11-7-5-4-6-10(11)8-12(13,14)15/h4-7,9H,3,8H2,1-2H3. The predicted octanol–water partition coefficient (Wildman–Crippen LogP) is 4.30. The summed E-state index contributed by atoms with van der Waals surface area (Å²) in [6.45, 7) is 3.93. The molecule has 0 spiro atoms. The van der Waals surface area contributed by atoms with Crippen molar-refractivity contribution in [3.05, 3.63) is 35.4 Å². The van der Waals surface area contributed by atoms with E-state index in [9.17, 15) is 13.2 Å². The van der Waals surface area contributed by atoms with Crippen molar-refractivity contribution < 1.29 is 13.2 Å². The van der Waals surface area contributed by atoms with E-state index in [1.165, 1.54) is 0 Å². The number of benzene rings is 1. The molecule has 0 saturated carbocycles. The number of rotatable bonds is 3. The van der Waals surface area contributed by atoms with Crippen molar-refractivity contribution in [3.8, 4) is 0 Å². The fourth-order valence-electron chi connectivity index (χ4n) is 1.61. The molecule has 1 aromatic carbocycles. The molecular weight excluding hydrogens is 201 g/mol. The van der Waals surface area contributed by atoms with Crippen LogP contribution in [0.3, 0.4) is 0 Å². The Bertz CT molecular complexity index is 315. The van der Waals surface area contributed by atoms with E-state index in [0.29, 0.717) is 5.56 Å². The highest BCUT2D eigenvalue weighted by atomic mass is 19.4. The number of hydrogen-bond acceptors (Lipinski definition) is 0. The average Bonchev–Trinajstić information content (AvgIpc) is 2.15. The monoisotopic (exact) mass is 216 g/mol. The summed E-state index contributed by atoms with van der Waals surface area (Å²) < 4.78 is 36.9. The molecule has 0 radical (unpaired) electrons. The van der Waals surface area contributed by atoms with Gasteiger partial charge in [0, 0.05) is 0 Å². The van der Waals surface area contributed by atoms with Crippen LogP contribution in [0.15, 0.2) is 24.3 Å². The van der Waals surface area contributed by atoms with Gasteiger partial charge >= 0.3 is 6.18 Å². The van der Waals surface area contributed by atoms with E-state index >= 15 is 0 Å². The third-order valence-electron chi connectivity index (χ3n) is 2.59. The molecule has 0 saturated heterocycles. The quantitative estimate of drug-likeness (QED) is 0.706. The third-order valence-corrected chi connectivity index (χ3v) is 2.59. The zero-order valence-corrected chi connectivity index (χ0v) is 8.93.